The minimum Gasteiger partial charge on any atom is -0.493 e. The lowest BCUT2D eigenvalue weighted by Gasteiger charge is -2.31. The Labute approximate surface area is 317 Å². The van der Waals surface area contributed by atoms with Gasteiger partial charge in [-0.2, -0.15) is 5.06 Å². The molecule has 0 aliphatic carbocycles. The lowest BCUT2D eigenvalue weighted by molar-refractivity contribution is -0.171. The van der Waals surface area contributed by atoms with E-state index < -0.39 is 60.1 Å². The number of carbonyl (C=O) groups excluding carboxylic acids is 5. The summed E-state index contributed by atoms with van der Waals surface area (Å²) in [6.45, 7) is 5.30. The van der Waals surface area contributed by atoms with Crippen LogP contribution in [0.25, 0.3) is 11.3 Å². The predicted molar refractivity (Wildman–Crippen MR) is 198 cm³/mol. The number of amides is 4. The highest BCUT2D eigenvalue weighted by Gasteiger charge is 2.34. The second-order valence-electron chi connectivity index (χ2n) is 12.2. The largest absolute Gasteiger partial charge is 0.493 e. The molecule has 1 aromatic heterocycles. The molecule has 3 unspecified atom stereocenters. The van der Waals surface area contributed by atoms with Gasteiger partial charge in [0.1, 0.15) is 17.6 Å². The van der Waals surface area contributed by atoms with Gasteiger partial charge in [-0.3, -0.25) is 24.0 Å². The van der Waals surface area contributed by atoms with Gasteiger partial charge in [0.05, 0.1) is 42.8 Å². The summed E-state index contributed by atoms with van der Waals surface area (Å²) in [7, 11) is 1.70. The molecule has 0 aliphatic rings. The molecule has 0 saturated carbocycles. The van der Waals surface area contributed by atoms with Gasteiger partial charge in [-0.05, 0) is 62.2 Å². The molecule has 1 heterocycles. The fourth-order valence-electron chi connectivity index (χ4n) is 5.67. The van der Waals surface area contributed by atoms with E-state index >= 15 is 0 Å². The number of hydrogen-bond acceptors (Lipinski definition) is 11. The van der Waals surface area contributed by atoms with Crippen LogP contribution < -0.4 is 26.0 Å². The number of furan rings is 1. The number of nitrogens with one attached hydrogen (secondary N) is 4. The summed E-state index contributed by atoms with van der Waals surface area (Å²) in [4.78, 5) is 92.5. The number of unbranched alkanes of at least 4 members (excludes halogenated alkanes) is 2. The number of carbonyl (C=O) groups is 7. The Bertz CT molecular complexity index is 1830. The summed E-state index contributed by atoms with van der Waals surface area (Å²) in [6.07, 6.45) is 2.61. The Morgan fingerprint density at radius 1 is 0.927 bits per heavy atom. The van der Waals surface area contributed by atoms with E-state index in [1.165, 1.54) is 30.3 Å². The van der Waals surface area contributed by atoms with Crippen molar-refractivity contribution in [3.63, 3.8) is 0 Å². The molecule has 0 radical (unpaired) electrons. The van der Waals surface area contributed by atoms with Crippen LogP contribution in [0.15, 0.2) is 59.0 Å². The van der Waals surface area contributed by atoms with Gasteiger partial charge in [-0.25, -0.2) is 9.59 Å². The Balaban J connectivity index is 1.69. The van der Waals surface area contributed by atoms with Gasteiger partial charge in [0.25, 0.3) is 11.8 Å². The zero-order valence-corrected chi connectivity index (χ0v) is 31.1. The zero-order valence-electron chi connectivity index (χ0n) is 31.1. The molecule has 3 rings (SSSR count). The Hall–Kier alpha value is -6.39. The minimum atomic E-state index is -1.67. The third-order valence-corrected chi connectivity index (χ3v) is 8.48. The molecule has 17 nitrogen and oxygen atoms in total. The molecule has 3 aromatic rings. The molecular formula is C38H47N5O12. The molecule has 0 fully saturated rings. The number of anilines is 1. The molecule has 17 heteroatoms. The summed E-state index contributed by atoms with van der Waals surface area (Å²) >= 11 is 0. The van der Waals surface area contributed by atoms with Gasteiger partial charge in [0.2, 0.25) is 12.3 Å². The van der Waals surface area contributed by atoms with Gasteiger partial charge in [0, 0.05) is 18.3 Å². The van der Waals surface area contributed by atoms with Crippen LogP contribution in [0.1, 0.15) is 90.6 Å². The first-order chi connectivity index (χ1) is 26.4. The molecule has 0 saturated heterocycles. The third-order valence-electron chi connectivity index (χ3n) is 8.48. The maximum absolute atomic E-state index is 13.5. The topological polar surface area (TPSA) is 243 Å². The van der Waals surface area contributed by atoms with Crippen molar-refractivity contribution >= 4 is 47.7 Å². The van der Waals surface area contributed by atoms with E-state index in [9.17, 15) is 38.7 Å². The summed E-state index contributed by atoms with van der Waals surface area (Å²) < 4.78 is 11.3. The lowest BCUT2D eigenvalue weighted by atomic mass is 9.90. The maximum atomic E-state index is 13.5. The van der Waals surface area contributed by atoms with E-state index in [2.05, 4.69) is 21.3 Å². The van der Waals surface area contributed by atoms with Crippen LogP contribution in [-0.4, -0.2) is 89.7 Å². The van der Waals surface area contributed by atoms with E-state index in [1.54, 1.807) is 45.2 Å². The van der Waals surface area contributed by atoms with Crippen LogP contribution in [0.3, 0.4) is 0 Å². The van der Waals surface area contributed by atoms with E-state index in [-0.39, 0.29) is 41.7 Å². The quantitative estimate of drug-likeness (QED) is 0.0346. The Morgan fingerprint density at radius 2 is 1.69 bits per heavy atom. The molecular weight excluding hydrogens is 718 g/mol. The first-order valence-electron chi connectivity index (χ1n) is 17.8. The smallest absolute Gasteiger partial charge is 0.363 e. The lowest BCUT2D eigenvalue weighted by Crippen LogP contribution is -2.49. The van der Waals surface area contributed by atoms with Crippen molar-refractivity contribution in [2.45, 2.75) is 71.4 Å². The van der Waals surface area contributed by atoms with Crippen LogP contribution in [0.4, 0.5) is 5.69 Å². The van der Waals surface area contributed by atoms with E-state index in [1.807, 2.05) is 6.92 Å². The van der Waals surface area contributed by atoms with Gasteiger partial charge in [-0.1, -0.05) is 45.2 Å². The van der Waals surface area contributed by atoms with Crippen LogP contribution in [0.2, 0.25) is 0 Å². The first-order valence-corrected chi connectivity index (χ1v) is 17.8. The van der Waals surface area contributed by atoms with Crippen molar-refractivity contribution in [1.82, 2.24) is 21.0 Å². The SMILES string of the molecule is CCCCCC(C(=O)NCNC(=O)c1ccc(-c2ccc(C(=O)NC(CC(=O)O)C(=O)O)c(OCC)c2)o1)C(CC)N(C=O)OC(=O)c1cccc(NC)c1. The molecule has 6 N–H and O–H groups in total. The summed E-state index contributed by atoms with van der Waals surface area (Å²) in [6, 6.07) is 11.3. The minimum absolute atomic E-state index is 0.0467. The van der Waals surface area contributed by atoms with E-state index in [0.717, 1.165) is 17.9 Å². The van der Waals surface area contributed by atoms with Crippen LogP contribution in [0, 0.1) is 5.92 Å². The molecule has 2 aromatic carbocycles. The van der Waals surface area contributed by atoms with E-state index in [0.29, 0.717) is 36.9 Å². The first kappa shape index (κ1) is 43.0. The Kier molecular flexibility index (Phi) is 16.7. The fraction of sp³-hybridized carbons (Fsp3) is 0.395. The van der Waals surface area contributed by atoms with Gasteiger partial charge in [0.15, 0.2) is 5.76 Å². The van der Waals surface area contributed by atoms with Crippen molar-refractivity contribution < 1.29 is 57.8 Å². The maximum Gasteiger partial charge on any atom is 0.363 e. The summed E-state index contributed by atoms with van der Waals surface area (Å²) in [5, 5.41) is 29.5. The van der Waals surface area contributed by atoms with Gasteiger partial charge < -0.3 is 45.5 Å². The van der Waals surface area contributed by atoms with Gasteiger partial charge in [-0.15, -0.1) is 0 Å². The normalized spacial score (nSPS) is 12.3. The van der Waals surface area contributed by atoms with Crippen molar-refractivity contribution in [3.8, 4) is 17.1 Å². The molecule has 3 atom stereocenters. The van der Waals surface area contributed by atoms with Crippen molar-refractivity contribution in [2.75, 3.05) is 25.6 Å². The number of carboxylic acid groups (broad SMARTS) is 2. The summed E-state index contributed by atoms with van der Waals surface area (Å²) in [5.41, 5.74) is 1.24. The monoisotopic (exact) mass is 765 g/mol. The predicted octanol–water partition coefficient (Wildman–Crippen LogP) is 4.05. The second kappa shape index (κ2) is 21.3. The Morgan fingerprint density at radius 3 is 2.33 bits per heavy atom. The van der Waals surface area contributed by atoms with Crippen molar-refractivity contribution in [1.29, 1.82) is 0 Å². The average Bonchev–Trinajstić information content (AvgIpc) is 3.67. The van der Waals surface area contributed by atoms with Crippen molar-refractivity contribution in [3.05, 3.63) is 71.5 Å². The zero-order chi connectivity index (χ0) is 40.5. The molecule has 55 heavy (non-hydrogen) atoms. The number of ether oxygens (including phenoxy) is 1. The van der Waals surface area contributed by atoms with Crippen molar-refractivity contribution in [2.24, 2.45) is 5.92 Å². The van der Waals surface area contributed by atoms with Crippen LogP contribution in [-0.2, 0) is 24.0 Å². The van der Waals surface area contributed by atoms with E-state index in [4.69, 9.17) is 19.1 Å². The molecule has 0 bridgehead atoms. The third kappa shape index (κ3) is 12.3. The number of benzene rings is 2. The number of rotatable bonds is 23. The molecule has 296 valence electrons. The highest BCUT2D eigenvalue weighted by molar-refractivity contribution is 6.00. The number of carboxylic acids is 2. The molecule has 0 aliphatic heterocycles. The number of hydrogen-bond donors (Lipinski definition) is 6. The highest BCUT2D eigenvalue weighted by atomic mass is 16.7. The molecule has 4 amide bonds. The number of hydroxylamine groups is 2. The van der Waals surface area contributed by atoms with Crippen LogP contribution in [0.5, 0.6) is 5.75 Å². The fourth-order valence-corrected chi connectivity index (χ4v) is 5.67. The summed E-state index contributed by atoms with van der Waals surface area (Å²) in [5.74, 6) is -6.27. The average molecular weight is 766 g/mol. The number of nitrogens with zero attached hydrogens (tertiary/aromatic N) is 1. The standard InChI is InChI=1S/C38H47N5O12/c1-5-8-9-13-26(29(6-2)43(22-44)55-38(52)24-11-10-12-25(18-24)39-4)34(47)40-21-41-36(49)31-17-16-30(54-31)23-14-15-27(32(19-23)53-7-3)35(48)42-28(37(50)51)20-33(45)46/h10-12,14-19,22,26,28-29,39H,5-9,13,20-21H2,1-4H3,(H,40,47)(H,41,49)(H,42,48)(H,45,46)(H,50,51). The molecule has 0 spiro atoms. The number of aliphatic carboxylic acids is 2. The van der Waals surface area contributed by atoms with Gasteiger partial charge >= 0.3 is 17.9 Å². The highest BCUT2D eigenvalue weighted by Crippen LogP contribution is 2.29. The second-order valence-corrected chi connectivity index (χ2v) is 12.2. The van der Waals surface area contributed by atoms with Crippen LogP contribution >= 0.6 is 0 Å².